The molecule has 2 N–H and O–H groups in total. The van der Waals surface area contributed by atoms with Crippen LogP contribution in [0.25, 0.3) is 0 Å². The lowest BCUT2D eigenvalue weighted by molar-refractivity contribution is 0.300. The second-order valence-electron chi connectivity index (χ2n) is 3.26. The molecule has 66 valence electrons. The van der Waals surface area contributed by atoms with Gasteiger partial charge in [-0.3, -0.25) is 0 Å². The number of nitrogens with one attached hydrogen (secondary N) is 2. The predicted octanol–water partition coefficient (Wildman–Crippen LogP) is 0.0894. The third-order valence-electron chi connectivity index (χ3n) is 2.33. The van der Waals surface area contributed by atoms with E-state index in [0.717, 1.165) is 24.8 Å². The van der Waals surface area contributed by atoms with Crippen LogP contribution in [0.2, 0.25) is 0 Å². The maximum absolute atomic E-state index is 3.85. The van der Waals surface area contributed by atoms with Crippen LogP contribution < -0.4 is 5.32 Å². The van der Waals surface area contributed by atoms with Gasteiger partial charge >= 0.3 is 0 Å². The minimum atomic E-state index is 0.729. The molecule has 12 heavy (non-hydrogen) atoms. The van der Waals surface area contributed by atoms with Gasteiger partial charge in [0.2, 0.25) is 0 Å². The number of aromatic nitrogens is 4. The molecule has 1 aromatic rings. The third kappa shape index (κ3) is 1.79. The zero-order chi connectivity index (χ0) is 8.23. The molecule has 0 spiro atoms. The normalized spacial score (nSPS) is 17.7. The maximum Gasteiger partial charge on any atom is 0.188 e. The van der Waals surface area contributed by atoms with Crippen LogP contribution in [0.3, 0.4) is 0 Å². The average Bonchev–Trinajstić information content (AvgIpc) is 2.46. The smallest absolute Gasteiger partial charge is 0.188 e. The summed E-state index contributed by atoms with van der Waals surface area (Å²) in [4.78, 5) is 0. The number of H-pyrrole nitrogens is 1. The summed E-state index contributed by atoms with van der Waals surface area (Å²) in [7, 11) is 0. The second-order valence-corrected chi connectivity index (χ2v) is 3.26. The molecule has 5 heteroatoms. The van der Waals surface area contributed by atoms with Crippen LogP contribution in [-0.2, 0) is 6.54 Å². The highest BCUT2D eigenvalue weighted by molar-refractivity contribution is 4.77. The lowest BCUT2D eigenvalue weighted by atomic mass is 9.85. The SMILES string of the molecule is C1CC(CNCc2nn[nH]n2)C1. The minimum Gasteiger partial charge on any atom is -0.309 e. The number of hydrogen-bond acceptors (Lipinski definition) is 4. The zero-order valence-corrected chi connectivity index (χ0v) is 6.95. The van der Waals surface area contributed by atoms with E-state index in [-0.39, 0.29) is 0 Å². The van der Waals surface area contributed by atoms with Crippen LogP contribution in [0, 0.1) is 5.92 Å². The molecule has 0 aliphatic heterocycles. The molecule has 1 saturated carbocycles. The first-order chi connectivity index (χ1) is 5.95. The summed E-state index contributed by atoms with van der Waals surface area (Å²) in [6.07, 6.45) is 4.15. The summed E-state index contributed by atoms with van der Waals surface area (Å²) in [5.41, 5.74) is 0. The summed E-state index contributed by atoms with van der Waals surface area (Å²) in [6, 6.07) is 0. The monoisotopic (exact) mass is 167 g/mol. The largest absolute Gasteiger partial charge is 0.309 e. The molecule has 0 saturated heterocycles. The Morgan fingerprint density at radius 3 is 3.00 bits per heavy atom. The standard InChI is InChI=1S/C7H13N5/c1-2-6(3-1)4-8-5-7-9-11-12-10-7/h6,8H,1-5H2,(H,9,10,11,12). The number of nitrogens with zero attached hydrogens (tertiary/aromatic N) is 3. The van der Waals surface area contributed by atoms with Crippen molar-refractivity contribution in [3.63, 3.8) is 0 Å². The molecule has 1 fully saturated rings. The van der Waals surface area contributed by atoms with Crippen molar-refractivity contribution in [3.05, 3.63) is 5.82 Å². The van der Waals surface area contributed by atoms with Crippen molar-refractivity contribution in [1.82, 2.24) is 25.9 Å². The number of tetrazole rings is 1. The van der Waals surface area contributed by atoms with Gasteiger partial charge < -0.3 is 5.32 Å². The van der Waals surface area contributed by atoms with E-state index in [1.165, 1.54) is 19.3 Å². The molecule has 0 bridgehead atoms. The number of rotatable bonds is 4. The Bertz CT molecular complexity index is 216. The van der Waals surface area contributed by atoms with Crippen LogP contribution in [0.4, 0.5) is 0 Å². The minimum absolute atomic E-state index is 0.729. The molecule has 1 aliphatic carbocycles. The summed E-state index contributed by atoms with van der Waals surface area (Å²) < 4.78 is 0. The van der Waals surface area contributed by atoms with Gasteiger partial charge in [0.05, 0.1) is 6.54 Å². The van der Waals surface area contributed by atoms with Crippen molar-refractivity contribution < 1.29 is 0 Å². The highest BCUT2D eigenvalue weighted by Gasteiger charge is 2.16. The fraction of sp³-hybridized carbons (Fsp3) is 0.857. The van der Waals surface area contributed by atoms with Crippen molar-refractivity contribution >= 4 is 0 Å². The molecule has 5 nitrogen and oxygen atoms in total. The van der Waals surface area contributed by atoms with Gasteiger partial charge in [-0.1, -0.05) is 11.6 Å². The lowest BCUT2D eigenvalue weighted by Crippen LogP contribution is -2.27. The van der Waals surface area contributed by atoms with E-state index in [0.29, 0.717) is 0 Å². The average molecular weight is 167 g/mol. The van der Waals surface area contributed by atoms with Gasteiger partial charge in [0, 0.05) is 0 Å². The van der Waals surface area contributed by atoms with Crippen molar-refractivity contribution in [3.8, 4) is 0 Å². The van der Waals surface area contributed by atoms with Gasteiger partial charge in [0.15, 0.2) is 5.82 Å². The van der Waals surface area contributed by atoms with E-state index in [1.807, 2.05) is 0 Å². The fourth-order valence-electron chi connectivity index (χ4n) is 1.34. The van der Waals surface area contributed by atoms with E-state index in [2.05, 4.69) is 25.9 Å². The third-order valence-corrected chi connectivity index (χ3v) is 2.33. The van der Waals surface area contributed by atoms with Crippen LogP contribution in [0.5, 0.6) is 0 Å². The first-order valence-electron chi connectivity index (χ1n) is 4.38. The van der Waals surface area contributed by atoms with E-state index >= 15 is 0 Å². The molecular formula is C7H13N5. The molecule has 0 amide bonds. The lowest BCUT2D eigenvalue weighted by Gasteiger charge is -2.25. The molecule has 1 aromatic heterocycles. The van der Waals surface area contributed by atoms with E-state index < -0.39 is 0 Å². The van der Waals surface area contributed by atoms with Crippen molar-refractivity contribution in [2.75, 3.05) is 6.54 Å². The molecule has 2 rings (SSSR count). The first-order valence-corrected chi connectivity index (χ1v) is 4.38. The molecule has 1 aliphatic rings. The maximum atomic E-state index is 3.85. The Morgan fingerprint density at radius 2 is 2.42 bits per heavy atom. The van der Waals surface area contributed by atoms with E-state index in [4.69, 9.17) is 0 Å². The summed E-state index contributed by atoms with van der Waals surface area (Å²) >= 11 is 0. The summed E-state index contributed by atoms with van der Waals surface area (Å²) in [6.45, 7) is 1.82. The summed E-state index contributed by atoms with van der Waals surface area (Å²) in [5, 5.41) is 16.9. The van der Waals surface area contributed by atoms with Crippen molar-refractivity contribution in [1.29, 1.82) is 0 Å². The molecular weight excluding hydrogens is 154 g/mol. The summed E-state index contributed by atoms with van der Waals surface area (Å²) in [5.74, 6) is 1.63. The van der Waals surface area contributed by atoms with Gasteiger partial charge in [0.1, 0.15) is 0 Å². The molecule has 0 atom stereocenters. The van der Waals surface area contributed by atoms with E-state index in [1.54, 1.807) is 0 Å². The predicted molar refractivity (Wildman–Crippen MR) is 43.2 cm³/mol. The van der Waals surface area contributed by atoms with Gasteiger partial charge in [-0.25, -0.2) is 0 Å². The Hall–Kier alpha value is -0.970. The Labute approximate surface area is 70.9 Å². The molecule has 0 radical (unpaired) electrons. The topological polar surface area (TPSA) is 66.5 Å². The molecule has 1 heterocycles. The number of hydrogen-bond donors (Lipinski definition) is 2. The van der Waals surface area contributed by atoms with Gasteiger partial charge in [0.25, 0.3) is 0 Å². The Kier molecular flexibility index (Phi) is 2.31. The van der Waals surface area contributed by atoms with Gasteiger partial charge in [-0.2, -0.15) is 5.21 Å². The molecule has 0 aromatic carbocycles. The Balaban J connectivity index is 1.62. The second kappa shape index (κ2) is 3.62. The van der Waals surface area contributed by atoms with Gasteiger partial charge in [-0.05, 0) is 25.3 Å². The Morgan fingerprint density at radius 1 is 1.50 bits per heavy atom. The van der Waals surface area contributed by atoms with Crippen LogP contribution in [0.15, 0.2) is 0 Å². The zero-order valence-electron chi connectivity index (χ0n) is 6.95. The van der Waals surface area contributed by atoms with E-state index in [9.17, 15) is 0 Å². The van der Waals surface area contributed by atoms with Crippen LogP contribution in [0.1, 0.15) is 25.1 Å². The molecule has 0 unspecified atom stereocenters. The van der Waals surface area contributed by atoms with Gasteiger partial charge in [-0.15, -0.1) is 10.2 Å². The van der Waals surface area contributed by atoms with Crippen molar-refractivity contribution in [2.45, 2.75) is 25.8 Å². The van der Waals surface area contributed by atoms with Crippen LogP contribution in [-0.4, -0.2) is 27.2 Å². The fourth-order valence-corrected chi connectivity index (χ4v) is 1.34. The van der Waals surface area contributed by atoms with Crippen molar-refractivity contribution in [2.24, 2.45) is 5.92 Å². The highest BCUT2D eigenvalue weighted by atomic mass is 15.5. The first kappa shape index (κ1) is 7.67. The highest BCUT2D eigenvalue weighted by Crippen LogP contribution is 2.25. The number of aromatic amines is 1. The quantitative estimate of drug-likeness (QED) is 0.667. The van der Waals surface area contributed by atoms with Crippen LogP contribution >= 0.6 is 0 Å².